The number of hydrogen-bond donors (Lipinski definition) is 2. The summed E-state index contributed by atoms with van der Waals surface area (Å²) in [6.07, 6.45) is 1.73. The summed E-state index contributed by atoms with van der Waals surface area (Å²) in [7, 11) is 0. The van der Waals surface area contributed by atoms with E-state index in [-0.39, 0.29) is 24.9 Å². The highest BCUT2D eigenvalue weighted by atomic mass is 16.2. The van der Waals surface area contributed by atoms with Crippen molar-refractivity contribution in [1.82, 2.24) is 4.90 Å². The summed E-state index contributed by atoms with van der Waals surface area (Å²) in [4.78, 5) is 27.0. The molecule has 0 saturated carbocycles. The Hall–Kier alpha value is -2.66. The molecule has 2 aromatic rings. The Balaban J connectivity index is 1.99. The first-order chi connectivity index (χ1) is 13.4. The minimum atomic E-state index is -0.110. The molecule has 5 heteroatoms. The highest BCUT2D eigenvalue weighted by Gasteiger charge is 2.16. The molecular formula is C23H31N3O2. The van der Waals surface area contributed by atoms with E-state index in [4.69, 9.17) is 0 Å². The zero-order valence-electron chi connectivity index (χ0n) is 17.3. The maximum absolute atomic E-state index is 12.6. The van der Waals surface area contributed by atoms with Gasteiger partial charge in [-0.05, 0) is 56.0 Å². The molecule has 5 nitrogen and oxygen atoms in total. The third-order valence-corrected chi connectivity index (χ3v) is 4.70. The molecule has 2 amide bonds. The Morgan fingerprint density at radius 3 is 2.14 bits per heavy atom. The second-order valence-corrected chi connectivity index (χ2v) is 7.08. The van der Waals surface area contributed by atoms with Gasteiger partial charge in [-0.3, -0.25) is 14.5 Å². The molecule has 0 aliphatic carbocycles. The molecule has 28 heavy (non-hydrogen) atoms. The van der Waals surface area contributed by atoms with Gasteiger partial charge in [0.2, 0.25) is 11.8 Å². The van der Waals surface area contributed by atoms with Gasteiger partial charge in [-0.15, -0.1) is 0 Å². The van der Waals surface area contributed by atoms with Gasteiger partial charge in [-0.25, -0.2) is 0 Å². The number of benzene rings is 2. The standard InChI is InChI=1S/C23H31N3O2/c1-5-14-26(15-21(27)24-20-13-8-7-10-17(20)3)16-22(28)25-23-18(4)11-9-12-19(23)6-2/h7-13H,5-6,14-16H2,1-4H3,(H,24,27)(H,25,28). The number of carbonyl (C=O) groups excluding carboxylic acids is 2. The summed E-state index contributed by atoms with van der Waals surface area (Å²) >= 11 is 0. The number of nitrogens with one attached hydrogen (secondary N) is 2. The molecule has 0 fully saturated rings. The fourth-order valence-electron chi connectivity index (χ4n) is 3.22. The van der Waals surface area contributed by atoms with Crippen molar-refractivity contribution in [2.24, 2.45) is 0 Å². The van der Waals surface area contributed by atoms with Crippen molar-refractivity contribution in [3.63, 3.8) is 0 Å². The van der Waals surface area contributed by atoms with E-state index in [9.17, 15) is 9.59 Å². The van der Waals surface area contributed by atoms with Gasteiger partial charge in [0.05, 0.1) is 13.1 Å². The summed E-state index contributed by atoms with van der Waals surface area (Å²) in [5, 5.41) is 5.98. The predicted octanol–water partition coefficient (Wildman–Crippen LogP) is 4.16. The summed E-state index contributed by atoms with van der Waals surface area (Å²) in [6.45, 7) is 9.12. The van der Waals surface area contributed by atoms with Gasteiger partial charge in [0.15, 0.2) is 0 Å². The zero-order valence-corrected chi connectivity index (χ0v) is 17.3. The highest BCUT2D eigenvalue weighted by Crippen LogP contribution is 2.21. The number of aryl methyl sites for hydroxylation is 3. The fraction of sp³-hybridized carbons (Fsp3) is 0.391. The maximum atomic E-state index is 12.6. The minimum absolute atomic E-state index is 0.0962. The number of rotatable bonds is 9. The van der Waals surface area contributed by atoms with Gasteiger partial charge < -0.3 is 10.6 Å². The van der Waals surface area contributed by atoms with E-state index in [2.05, 4.69) is 17.6 Å². The van der Waals surface area contributed by atoms with Crippen molar-refractivity contribution in [2.45, 2.75) is 40.5 Å². The predicted molar refractivity (Wildman–Crippen MR) is 116 cm³/mol. The van der Waals surface area contributed by atoms with Gasteiger partial charge in [-0.2, -0.15) is 0 Å². The first-order valence-electron chi connectivity index (χ1n) is 9.90. The van der Waals surface area contributed by atoms with E-state index in [1.807, 2.05) is 68.1 Å². The molecule has 0 heterocycles. The molecule has 0 spiro atoms. The number of nitrogens with zero attached hydrogens (tertiary/aromatic N) is 1. The van der Waals surface area contributed by atoms with Crippen LogP contribution in [0.15, 0.2) is 42.5 Å². The Kier molecular flexibility index (Phi) is 8.20. The van der Waals surface area contributed by atoms with Gasteiger partial charge in [-0.1, -0.05) is 50.2 Å². The Labute approximate surface area is 168 Å². The van der Waals surface area contributed by atoms with Crippen LogP contribution in [0, 0.1) is 13.8 Å². The van der Waals surface area contributed by atoms with E-state index in [1.54, 1.807) is 0 Å². The monoisotopic (exact) mass is 381 g/mol. The van der Waals surface area contributed by atoms with E-state index < -0.39 is 0 Å². The molecule has 2 rings (SSSR count). The normalized spacial score (nSPS) is 10.8. The smallest absolute Gasteiger partial charge is 0.238 e. The van der Waals surface area contributed by atoms with E-state index >= 15 is 0 Å². The summed E-state index contributed by atoms with van der Waals surface area (Å²) < 4.78 is 0. The lowest BCUT2D eigenvalue weighted by molar-refractivity contribution is -0.120. The van der Waals surface area contributed by atoms with Crippen LogP contribution in [0.2, 0.25) is 0 Å². The summed E-state index contributed by atoms with van der Waals surface area (Å²) in [5.41, 5.74) is 4.87. The SMILES string of the molecule is CCCN(CC(=O)Nc1ccccc1C)CC(=O)Nc1c(C)cccc1CC. The van der Waals surface area contributed by atoms with Crippen molar-refractivity contribution < 1.29 is 9.59 Å². The van der Waals surface area contributed by atoms with Gasteiger partial charge in [0.25, 0.3) is 0 Å². The molecule has 0 saturated heterocycles. The Bertz CT molecular complexity index is 817. The third kappa shape index (κ3) is 6.20. The number of amides is 2. The summed E-state index contributed by atoms with van der Waals surface area (Å²) in [6, 6.07) is 13.7. The van der Waals surface area contributed by atoms with Crippen molar-refractivity contribution in [2.75, 3.05) is 30.3 Å². The van der Waals surface area contributed by atoms with Crippen LogP contribution in [0.4, 0.5) is 11.4 Å². The van der Waals surface area contributed by atoms with Gasteiger partial charge in [0, 0.05) is 11.4 Å². The van der Waals surface area contributed by atoms with E-state index in [0.29, 0.717) is 6.54 Å². The van der Waals surface area contributed by atoms with Gasteiger partial charge >= 0.3 is 0 Å². The molecule has 150 valence electrons. The maximum Gasteiger partial charge on any atom is 0.238 e. The number of anilines is 2. The van der Waals surface area contributed by atoms with Crippen LogP contribution in [0.1, 0.15) is 37.0 Å². The molecule has 0 atom stereocenters. The average molecular weight is 382 g/mol. The summed E-state index contributed by atoms with van der Waals surface area (Å²) in [5.74, 6) is -0.207. The van der Waals surface area contributed by atoms with Crippen molar-refractivity contribution >= 4 is 23.2 Å². The molecule has 0 aliphatic heterocycles. The largest absolute Gasteiger partial charge is 0.325 e. The van der Waals surface area contributed by atoms with Gasteiger partial charge in [0.1, 0.15) is 0 Å². The van der Waals surface area contributed by atoms with Crippen LogP contribution >= 0.6 is 0 Å². The molecule has 2 N–H and O–H groups in total. The lowest BCUT2D eigenvalue weighted by atomic mass is 10.1. The number of para-hydroxylation sites is 2. The fourth-order valence-corrected chi connectivity index (χ4v) is 3.22. The molecule has 2 aromatic carbocycles. The second kappa shape index (κ2) is 10.6. The molecule has 0 aromatic heterocycles. The topological polar surface area (TPSA) is 61.4 Å². The van der Waals surface area contributed by atoms with E-state index in [0.717, 1.165) is 40.9 Å². The van der Waals surface area contributed by atoms with Crippen LogP contribution in [0.5, 0.6) is 0 Å². The Morgan fingerprint density at radius 2 is 1.50 bits per heavy atom. The molecule has 0 bridgehead atoms. The van der Waals surface area contributed by atoms with Crippen molar-refractivity contribution in [1.29, 1.82) is 0 Å². The van der Waals surface area contributed by atoms with Crippen LogP contribution in [-0.4, -0.2) is 36.3 Å². The zero-order chi connectivity index (χ0) is 20.5. The van der Waals surface area contributed by atoms with Crippen LogP contribution < -0.4 is 10.6 Å². The van der Waals surface area contributed by atoms with Crippen LogP contribution in [0.25, 0.3) is 0 Å². The number of hydrogen-bond acceptors (Lipinski definition) is 3. The first-order valence-corrected chi connectivity index (χ1v) is 9.90. The second-order valence-electron chi connectivity index (χ2n) is 7.08. The molecule has 0 radical (unpaired) electrons. The van der Waals surface area contributed by atoms with Crippen LogP contribution in [0.3, 0.4) is 0 Å². The lowest BCUT2D eigenvalue weighted by Gasteiger charge is -2.22. The molecule has 0 unspecified atom stereocenters. The number of carbonyl (C=O) groups is 2. The van der Waals surface area contributed by atoms with Crippen LogP contribution in [-0.2, 0) is 16.0 Å². The van der Waals surface area contributed by atoms with Crippen molar-refractivity contribution in [3.8, 4) is 0 Å². The minimum Gasteiger partial charge on any atom is -0.325 e. The lowest BCUT2D eigenvalue weighted by Crippen LogP contribution is -2.39. The third-order valence-electron chi connectivity index (χ3n) is 4.70. The average Bonchev–Trinajstić information content (AvgIpc) is 2.65. The first kappa shape index (κ1) is 21.6. The molecular weight excluding hydrogens is 350 g/mol. The Morgan fingerprint density at radius 1 is 0.857 bits per heavy atom. The van der Waals surface area contributed by atoms with Crippen molar-refractivity contribution in [3.05, 3.63) is 59.2 Å². The quantitative estimate of drug-likeness (QED) is 0.686. The highest BCUT2D eigenvalue weighted by molar-refractivity contribution is 5.95. The molecule has 0 aliphatic rings. The van der Waals surface area contributed by atoms with E-state index in [1.165, 1.54) is 0 Å².